The van der Waals surface area contributed by atoms with Crippen LogP contribution in [-0.2, 0) is 31.0 Å². The minimum Gasteiger partial charge on any atom is -0.508 e. The molecule has 4 aliphatic rings. The summed E-state index contributed by atoms with van der Waals surface area (Å²) in [4.78, 5) is 60.2. The van der Waals surface area contributed by atoms with Crippen LogP contribution in [0.4, 0.5) is 24.5 Å². The molecule has 4 aromatic rings. The monoisotopic (exact) mass is 819 g/mol. The summed E-state index contributed by atoms with van der Waals surface area (Å²) in [5, 5.41) is 12.8. The molecule has 57 heavy (non-hydrogen) atoms. The fourth-order valence-electron chi connectivity index (χ4n) is 9.28. The van der Waals surface area contributed by atoms with Crippen molar-refractivity contribution in [2.45, 2.75) is 43.9 Å². The molecule has 2 saturated heterocycles. The van der Waals surface area contributed by atoms with Crippen molar-refractivity contribution in [3.8, 4) is 17.2 Å². The number of methoxy groups -OCH3 is 1. The predicted octanol–water partition coefficient (Wildman–Crippen LogP) is 8.36. The number of hydrogen-bond donors (Lipinski definition) is 2. The van der Waals surface area contributed by atoms with E-state index in [9.17, 15) is 32.7 Å². The maximum Gasteiger partial charge on any atom is 0.573 e. The number of phenols is 1. The molecule has 10 nitrogen and oxygen atoms in total. The molecule has 8 rings (SSSR count). The van der Waals surface area contributed by atoms with Crippen molar-refractivity contribution in [3.05, 3.63) is 123 Å². The standard InChI is InChI=1S/C42H34Cl2F3N3O7/c1-3-21-4-9-24(10-5-21)49-37(52)28-15-14-27-29(35(28)39(49)54)20-31-38(53)50(48-33-16-8-23(43)18-32(33)44)40(55)41(31,22-6-11-25(56-2)12-7-22)36(27)30-19-26(13-17-34(30)51)57-42(45,46)47/h4-14,16-19,28-29,31,35-36,48,51H,3,15,20H2,1-2H3. The summed E-state index contributed by atoms with van der Waals surface area (Å²) < 4.78 is 50.7. The fourth-order valence-corrected chi connectivity index (χ4v) is 9.73. The van der Waals surface area contributed by atoms with E-state index in [1.165, 1.54) is 25.3 Å². The molecule has 2 N–H and O–H groups in total. The quantitative estimate of drug-likeness (QED) is 0.134. The largest absolute Gasteiger partial charge is 0.573 e. The highest BCUT2D eigenvalue weighted by Gasteiger charge is 2.70. The minimum absolute atomic E-state index is 0.0501. The van der Waals surface area contributed by atoms with Crippen LogP contribution in [-0.4, -0.2) is 47.2 Å². The highest BCUT2D eigenvalue weighted by atomic mass is 35.5. The van der Waals surface area contributed by atoms with Gasteiger partial charge in [-0.1, -0.05) is 66.0 Å². The normalized spacial score (nSPS) is 25.5. The molecule has 0 spiro atoms. The second kappa shape index (κ2) is 14.1. The third-order valence-electron chi connectivity index (χ3n) is 11.7. The number of halogens is 5. The first-order valence-electron chi connectivity index (χ1n) is 18.2. The number of rotatable bonds is 8. The third-order valence-corrected chi connectivity index (χ3v) is 12.3. The second-order valence-corrected chi connectivity index (χ2v) is 15.4. The Balaban J connectivity index is 1.34. The summed E-state index contributed by atoms with van der Waals surface area (Å²) in [7, 11) is 1.45. The molecule has 0 bridgehead atoms. The van der Waals surface area contributed by atoms with Crippen LogP contribution in [0.5, 0.6) is 17.2 Å². The van der Waals surface area contributed by atoms with Crippen molar-refractivity contribution in [3.63, 3.8) is 0 Å². The average Bonchev–Trinajstić information content (AvgIpc) is 3.56. The van der Waals surface area contributed by atoms with Crippen molar-refractivity contribution in [2.24, 2.45) is 23.7 Å². The molecule has 4 amide bonds. The SMILES string of the molecule is CCc1ccc(N2C(=O)C3CC=C4C(CC5C(=O)N(Nc6ccc(Cl)cc6Cl)C(=O)C5(c5ccc(OC)cc5)C4c4cc(OC(F)(F)F)ccc4O)C3C2=O)cc1. The van der Waals surface area contributed by atoms with E-state index in [0.717, 1.165) is 40.1 Å². The van der Waals surface area contributed by atoms with Crippen LogP contribution in [0.3, 0.4) is 0 Å². The van der Waals surface area contributed by atoms with Crippen LogP contribution in [0.1, 0.15) is 42.4 Å². The van der Waals surface area contributed by atoms with E-state index in [4.69, 9.17) is 27.9 Å². The number of carbonyl (C=O) groups excluding carboxylic acids is 4. The van der Waals surface area contributed by atoms with Gasteiger partial charge in [0.15, 0.2) is 0 Å². The predicted molar refractivity (Wildman–Crippen MR) is 204 cm³/mol. The molecular formula is C42H34Cl2F3N3O7. The lowest BCUT2D eigenvalue weighted by Crippen LogP contribution is -2.53. The summed E-state index contributed by atoms with van der Waals surface area (Å²) in [6.45, 7) is 1.98. The molecule has 1 saturated carbocycles. The number of amides is 4. The van der Waals surface area contributed by atoms with E-state index < -0.39 is 76.5 Å². The van der Waals surface area contributed by atoms with Gasteiger partial charge in [0.2, 0.25) is 11.8 Å². The number of benzene rings is 4. The molecule has 294 valence electrons. The van der Waals surface area contributed by atoms with Crippen molar-refractivity contribution in [2.75, 3.05) is 17.4 Å². The number of carbonyl (C=O) groups is 4. The van der Waals surface area contributed by atoms with Crippen LogP contribution in [0, 0.1) is 23.7 Å². The summed E-state index contributed by atoms with van der Waals surface area (Å²) in [5.74, 6) is -8.50. The average molecular weight is 821 g/mol. The van der Waals surface area contributed by atoms with Gasteiger partial charge in [0.05, 0.1) is 46.7 Å². The molecule has 6 unspecified atom stereocenters. The van der Waals surface area contributed by atoms with Gasteiger partial charge >= 0.3 is 6.36 Å². The first kappa shape index (κ1) is 38.3. The first-order valence-corrected chi connectivity index (χ1v) is 18.9. The Morgan fingerprint density at radius 1 is 0.877 bits per heavy atom. The Morgan fingerprint density at radius 2 is 1.58 bits per heavy atom. The lowest BCUT2D eigenvalue weighted by Gasteiger charge is -2.50. The number of hydrogen-bond acceptors (Lipinski definition) is 8. The molecule has 0 radical (unpaired) electrons. The molecular weight excluding hydrogens is 786 g/mol. The maximum absolute atomic E-state index is 15.4. The first-order chi connectivity index (χ1) is 27.2. The van der Waals surface area contributed by atoms with Crippen molar-refractivity contribution in [1.29, 1.82) is 0 Å². The highest BCUT2D eigenvalue weighted by Crippen LogP contribution is 2.65. The number of hydrazine groups is 1. The fraction of sp³-hybridized carbons (Fsp3) is 0.286. The van der Waals surface area contributed by atoms with Crippen LogP contribution >= 0.6 is 23.2 Å². The van der Waals surface area contributed by atoms with Gasteiger partial charge in [-0.05, 0) is 97.0 Å². The number of aromatic hydroxyl groups is 1. The molecule has 2 heterocycles. The van der Waals surface area contributed by atoms with E-state index >= 15 is 4.79 Å². The number of nitrogens with zero attached hydrogens (tertiary/aromatic N) is 2. The summed E-state index contributed by atoms with van der Waals surface area (Å²) >= 11 is 12.6. The third kappa shape index (κ3) is 6.18. The smallest absolute Gasteiger partial charge is 0.508 e. The van der Waals surface area contributed by atoms with Gasteiger partial charge in [-0.3, -0.25) is 29.5 Å². The molecule has 2 aliphatic carbocycles. The highest BCUT2D eigenvalue weighted by molar-refractivity contribution is 6.36. The van der Waals surface area contributed by atoms with Gasteiger partial charge < -0.3 is 14.6 Å². The van der Waals surface area contributed by atoms with Crippen LogP contribution in [0.15, 0.2) is 96.6 Å². The molecule has 4 aromatic carbocycles. The van der Waals surface area contributed by atoms with Crippen molar-refractivity contribution < 1.29 is 46.9 Å². The van der Waals surface area contributed by atoms with E-state index in [1.807, 2.05) is 19.1 Å². The number of imide groups is 2. The number of alkyl halides is 3. The van der Waals surface area contributed by atoms with Crippen LogP contribution in [0.25, 0.3) is 0 Å². The lowest BCUT2D eigenvalue weighted by atomic mass is 9.49. The van der Waals surface area contributed by atoms with E-state index in [1.54, 1.807) is 42.5 Å². The summed E-state index contributed by atoms with van der Waals surface area (Å²) in [6.07, 6.45) is -2.69. The van der Waals surface area contributed by atoms with Crippen molar-refractivity contribution >= 4 is 58.2 Å². The molecule has 3 fully saturated rings. The zero-order chi connectivity index (χ0) is 40.6. The number of nitrogens with one attached hydrogen (secondary N) is 1. The number of aryl methyl sites for hydroxylation is 1. The molecule has 15 heteroatoms. The van der Waals surface area contributed by atoms with Crippen LogP contribution in [0.2, 0.25) is 10.0 Å². The Labute approximate surface area is 334 Å². The second-order valence-electron chi connectivity index (χ2n) is 14.5. The Hall–Kier alpha value is -5.53. The number of fused-ring (bicyclic) bond motifs is 4. The van der Waals surface area contributed by atoms with Gasteiger partial charge in [0.1, 0.15) is 17.2 Å². The molecule has 0 aromatic heterocycles. The summed E-state index contributed by atoms with van der Waals surface area (Å²) in [5.41, 5.74) is 3.02. The van der Waals surface area contributed by atoms with E-state index in [0.29, 0.717) is 22.0 Å². The Morgan fingerprint density at radius 3 is 2.23 bits per heavy atom. The summed E-state index contributed by atoms with van der Waals surface area (Å²) in [6, 6.07) is 20.8. The topological polar surface area (TPSA) is 125 Å². The zero-order valence-corrected chi connectivity index (χ0v) is 31.9. The lowest BCUT2D eigenvalue weighted by molar-refractivity contribution is -0.274. The van der Waals surface area contributed by atoms with E-state index in [2.05, 4.69) is 10.2 Å². The van der Waals surface area contributed by atoms with Gasteiger partial charge in [0.25, 0.3) is 11.8 Å². The zero-order valence-electron chi connectivity index (χ0n) is 30.3. The number of allylic oxidation sites excluding steroid dienone is 2. The van der Waals surface area contributed by atoms with Gasteiger partial charge in [-0.15, -0.1) is 13.2 Å². The van der Waals surface area contributed by atoms with Gasteiger partial charge in [0, 0.05) is 16.5 Å². The van der Waals surface area contributed by atoms with Gasteiger partial charge in [-0.2, -0.15) is 5.01 Å². The van der Waals surface area contributed by atoms with E-state index in [-0.39, 0.29) is 34.7 Å². The van der Waals surface area contributed by atoms with Crippen LogP contribution < -0.4 is 19.8 Å². The van der Waals surface area contributed by atoms with Crippen molar-refractivity contribution in [1.82, 2.24) is 5.01 Å². The Bertz CT molecular complexity index is 2350. The number of ether oxygens (including phenoxy) is 2. The van der Waals surface area contributed by atoms with Gasteiger partial charge in [-0.25, -0.2) is 0 Å². The maximum atomic E-state index is 15.4. The molecule has 2 aliphatic heterocycles. The minimum atomic E-state index is -5.11. The molecule has 6 atom stereocenters. The Kier molecular flexibility index (Phi) is 9.51. The number of anilines is 2. The number of phenolic OH excluding ortho intramolecular Hbond substituents is 1.